The molecule has 0 spiro atoms. The van der Waals surface area contributed by atoms with E-state index in [1.165, 1.54) is 12.1 Å². The van der Waals surface area contributed by atoms with E-state index >= 15 is 0 Å². The first-order valence-corrected chi connectivity index (χ1v) is 5.17. The van der Waals surface area contributed by atoms with Gasteiger partial charge >= 0.3 is 0 Å². The zero-order chi connectivity index (χ0) is 13.3. The van der Waals surface area contributed by atoms with Crippen molar-refractivity contribution in [3.63, 3.8) is 0 Å². The van der Waals surface area contributed by atoms with Gasteiger partial charge in [0, 0.05) is 5.56 Å². The fraction of sp³-hybridized carbons (Fsp3) is 0.182. The summed E-state index contributed by atoms with van der Waals surface area (Å²) < 4.78 is 12.9. The molecule has 1 heterocycles. The summed E-state index contributed by atoms with van der Waals surface area (Å²) in [7, 11) is 0. The molecule has 1 atom stereocenters. The molecule has 0 radical (unpaired) electrons. The number of anilines is 1. The Morgan fingerprint density at radius 3 is 2.72 bits per heavy atom. The van der Waals surface area contributed by atoms with Gasteiger partial charge in [-0.15, -0.1) is 0 Å². The highest BCUT2D eigenvalue weighted by atomic mass is 19.1. The quantitative estimate of drug-likeness (QED) is 0.489. The van der Waals surface area contributed by atoms with E-state index in [-0.39, 0.29) is 17.7 Å². The molecule has 0 aromatic heterocycles. The molecule has 1 aromatic carbocycles. The maximum atomic E-state index is 12.9. The smallest absolute Gasteiger partial charge is 0.252 e. The van der Waals surface area contributed by atoms with Crippen LogP contribution in [0.5, 0.6) is 0 Å². The SMILES string of the molecule is Nc1cc(C(=O)NC2CC(=O)NC2=O)ccc1F. The average Bonchev–Trinajstić information content (AvgIpc) is 2.61. The van der Waals surface area contributed by atoms with E-state index < -0.39 is 29.6 Å². The van der Waals surface area contributed by atoms with E-state index in [1.54, 1.807) is 0 Å². The highest BCUT2D eigenvalue weighted by Crippen LogP contribution is 2.12. The maximum absolute atomic E-state index is 12.9. The van der Waals surface area contributed by atoms with E-state index in [1.807, 2.05) is 0 Å². The maximum Gasteiger partial charge on any atom is 0.252 e. The van der Waals surface area contributed by atoms with E-state index in [9.17, 15) is 18.8 Å². The Balaban J connectivity index is 2.10. The van der Waals surface area contributed by atoms with Gasteiger partial charge in [-0.25, -0.2) is 4.39 Å². The van der Waals surface area contributed by atoms with Gasteiger partial charge in [0.25, 0.3) is 5.91 Å². The van der Waals surface area contributed by atoms with Crippen LogP contribution >= 0.6 is 0 Å². The molecule has 2 rings (SSSR count). The zero-order valence-corrected chi connectivity index (χ0v) is 9.20. The number of benzene rings is 1. The van der Waals surface area contributed by atoms with Crippen LogP contribution in [0.25, 0.3) is 0 Å². The van der Waals surface area contributed by atoms with E-state index in [0.717, 1.165) is 6.07 Å². The van der Waals surface area contributed by atoms with Gasteiger partial charge in [-0.2, -0.15) is 0 Å². The number of imide groups is 1. The van der Waals surface area contributed by atoms with Crippen LogP contribution in [0, 0.1) is 5.82 Å². The molecule has 3 amide bonds. The first kappa shape index (κ1) is 12.0. The molecular formula is C11H10FN3O3. The lowest BCUT2D eigenvalue weighted by atomic mass is 10.1. The third kappa shape index (κ3) is 2.29. The van der Waals surface area contributed by atoms with Crippen LogP contribution in [0.2, 0.25) is 0 Å². The predicted molar refractivity (Wildman–Crippen MR) is 59.8 cm³/mol. The zero-order valence-electron chi connectivity index (χ0n) is 9.20. The number of halogens is 1. The summed E-state index contributed by atoms with van der Waals surface area (Å²) in [4.78, 5) is 33.9. The highest BCUT2D eigenvalue weighted by molar-refractivity contribution is 6.08. The van der Waals surface area contributed by atoms with Crippen LogP contribution < -0.4 is 16.4 Å². The van der Waals surface area contributed by atoms with Gasteiger partial charge in [0.1, 0.15) is 11.9 Å². The molecule has 0 saturated carbocycles. The number of hydrogen-bond donors (Lipinski definition) is 3. The van der Waals surface area contributed by atoms with Crippen LogP contribution in [0.4, 0.5) is 10.1 Å². The second kappa shape index (κ2) is 4.44. The normalized spacial score (nSPS) is 18.6. The number of nitrogens with one attached hydrogen (secondary N) is 2. The molecule has 0 aliphatic carbocycles. The lowest BCUT2D eigenvalue weighted by Crippen LogP contribution is -2.40. The van der Waals surface area contributed by atoms with E-state index in [2.05, 4.69) is 10.6 Å². The van der Waals surface area contributed by atoms with Crippen molar-refractivity contribution in [3.8, 4) is 0 Å². The largest absolute Gasteiger partial charge is 0.396 e. The molecule has 6 nitrogen and oxygen atoms in total. The lowest BCUT2D eigenvalue weighted by Gasteiger charge is -2.09. The standard InChI is InChI=1S/C11H10FN3O3/c12-6-2-1-5(3-7(6)13)10(17)14-8-4-9(16)15-11(8)18/h1-3,8H,4,13H2,(H,14,17)(H,15,16,18). The summed E-state index contributed by atoms with van der Waals surface area (Å²) in [6.45, 7) is 0. The van der Waals surface area contributed by atoms with Crippen molar-refractivity contribution in [1.29, 1.82) is 0 Å². The van der Waals surface area contributed by atoms with Gasteiger partial charge in [0.15, 0.2) is 0 Å². The molecule has 1 saturated heterocycles. The Bertz CT molecular complexity index is 544. The fourth-order valence-corrected chi connectivity index (χ4v) is 1.60. The van der Waals surface area contributed by atoms with Crippen molar-refractivity contribution in [2.45, 2.75) is 12.5 Å². The summed E-state index contributed by atoms with van der Waals surface area (Å²) in [6.07, 6.45) is -0.0960. The van der Waals surface area contributed by atoms with E-state index in [0.29, 0.717) is 0 Å². The third-order valence-electron chi connectivity index (χ3n) is 2.53. The Kier molecular flexibility index (Phi) is 2.97. The second-order valence-corrected chi connectivity index (χ2v) is 3.88. The van der Waals surface area contributed by atoms with Crippen LogP contribution in [0.1, 0.15) is 16.8 Å². The first-order chi connectivity index (χ1) is 8.47. The summed E-state index contributed by atoms with van der Waals surface area (Å²) in [5.41, 5.74) is 5.30. The van der Waals surface area contributed by atoms with Crippen molar-refractivity contribution in [3.05, 3.63) is 29.6 Å². The summed E-state index contributed by atoms with van der Waals surface area (Å²) in [5, 5.41) is 4.44. The fourth-order valence-electron chi connectivity index (χ4n) is 1.60. The third-order valence-corrected chi connectivity index (χ3v) is 2.53. The molecular weight excluding hydrogens is 241 g/mol. The van der Waals surface area contributed by atoms with Gasteiger partial charge in [0.2, 0.25) is 11.8 Å². The van der Waals surface area contributed by atoms with Gasteiger partial charge < -0.3 is 11.1 Å². The van der Waals surface area contributed by atoms with E-state index in [4.69, 9.17) is 5.73 Å². The molecule has 94 valence electrons. The highest BCUT2D eigenvalue weighted by Gasteiger charge is 2.31. The molecule has 1 aliphatic rings. The van der Waals surface area contributed by atoms with Gasteiger partial charge in [0.05, 0.1) is 12.1 Å². The van der Waals surface area contributed by atoms with Crippen LogP contribution in [0.3, 0.4) is 0 Å². The van der Waals surface area contributed by atoms with Crippen LogP contribution in [-0.2, 0) is 9.59 Å². The minimum Gasteiger partial charge on any atom is -0.396 e. The molecule has 1 fully saturated rings. The number of hydrogen-bond acceptors (Lipinski definition) is 4. The second-order valence-electron chi connectivity index (χ2n) is 3.88. The minimum absolute atomic E-state index is 0.0960. The summed E-state index contributed by atoms with van der Waals surface area (Å²) >= 11 is 0. The van der Waals surface area contributed by atoms with Gasteiger partial charge in [-0.05, 0) is 18.2 Å². The number of carbonyl (C=O) groups is 3. The van der Waals surface area contributed by atoms with Gasteiger partial charge in [-0.1, -0.05) is 0 Å². The number of amides is 3. The lowest BCUT2D eigenvalue weighted by molar-refractivity contribution is -0.125. The number of nitrogens with two attached hydrogens (primary N) is 1. The van der Waals surface area contributed by atoms with Crippen molar-refractivity contribution in [1.82, 2.24) is 10.6 Å². The van der Waals surface area contributed by atoms with Crippen molar-refractivity contribution < 1.29 is 18.8 Å². The van der Waals surface area contributed by atoms with Crippen molar-refractivity contribution in [2.75, 3.05) is 5.73 Å². The topological polar surface area (TPSA) is 101 Å². The molecule has 0 bridgehead atoms. The number of rotatable bonds is 2. The Hall–Kier alpha value is -2.44. The molecule has 18 heavy (non-hydrogen) atoms. The molecule has 1 aromatic rings. The molecule has 4 N–H and O–H groups in total. The molecule has 1 unspecified atom stereocenters. The monoisotopic (exact) mass is 251 g/mol. The molecule has 1 aliphatic heterocycles. The van der Waals surface area contributed by atoms with Crippen LogP contribution in [0.15, 0.2) is 18.2 Å². The Morgan fingerprint density at radius 2 is 2.17 bits per heavy atom. The Labute approximate surface area is 101 Å². The molecule has 7 heteroatoms. The average molecular weight is 251 g/mol. The Morgan fingerprint density at radius 1 is 1.44 bits per heavy atom. The first-order valence-electron chi connectivity index (χ1n) is 5.17. The number of carbonyl (C=O) groups excluding carboxylic acids is 3. The van der Waals surface area contributed by atoms with Crippen LogP contribution in [-0.4, -0.2) is 23.8 Å². The number of nitrogen functional groups attached to an aromatic ring is 1. The van der Waals surface area contributed by atoms with Gasteiger partial charge in [-0.3, -0.25) is 19.7 Å². The summed E-state index contributed by atoms with van der Waals surface area (Å²) in [5.74, 6) is -2.20. The van der Waals surface area contributed by atoms with Crippen molar-refractivity contribution in [2.24, 2.45) is 0 Å². The summed E-state index contributed by atoms with van der Waals surface area (Å²) in [6, 6.07) is 2.58. The predicted octanol–water partition coefficient (Wildman–Crippen LogP) is -0.447. The minimum atomic E-state index is -0.892. The van der Waals surface area contributed by atoms with Crippen molar-refractivity contribution >= 4 is 23.4 Å².